The third kappa shape index (κ3) is 4.08. The van der Waals surface area contributed by atoms with E-state index in [-0.39, 0.29) is 17.8 Å². The zero-order chi connectivity index (χ0) is 23.0. The van der Waals surface area contributed by atoms with Gasteiger partial charge in [0.25, 0.3) is 0 Å². The number of hydrogen-bond donors (Lipinski definition) is 1. The molecular weight excluding hydrogens is 430 g/mol. The van der Waals surface area contributed by atoms with Crippen LogP contribution in [0, 0.1) is 11.8 Å². The number of dihydropyridines is 1. The van der Waals surface area contributed by atoms with Crippen LogP contribution in [-0.2, 0) is 23.9 Å². The van der Waals surface area contributed by atoms with Crippen molar-refractivity contribution in [2.75, 3.05) is 7.11 Å². The summed E-state index contributed by atoms with van der Waals surface area (Å²) in [5.41, 5.74) is 3.02. The first-order chi connectivity index (χ1) is 15.3. The Labute approximate surface area is 193 Å². The maximum Gasteiger partial charge on any atom is 0.337 e. The van der Waals surface area contributed by atoms with Gasteiger partial charge in [-0.25, -0.2) is 4.79 Å². The molecule has 0 spiro atoms. The highest BCUT2D eigenvalue weighted by Crippen LogP contribution is 2.45. The predicted octanol–water partition coefficient (Wildman–Crippen LogP) is 4.44. The molecule has 0 radical (unpaired) electrons. The second kappa shape index (κ2) is 9.10. The van der Waals surface area contributed by atoms with E-state index >= 15 is 0 Å². The summed E-state index contributed by atoms with van der Waals surface area (Å²) in [5.74, 6) is -3.03. The van der Waals surface area contributed by atoms with E-state index in [2.05, 4.69) is 5.32 Å². The van der Waals surface area contributed by atoms with Crippen LogP contribution in [0.25, 0.3) is 0 Å². The monoisotopic (exact) mass is 457 g/mol. The first-order valence-electron chi connectivity index (χ1n) is 11.1. The second-order valence-corrected chi connectivity index (χ2v) is 9.34. The van der Waals surface area contributed by atoms with E-state index in [1.165, 1.54) is 7.11 Å². The highest BCUT2D eigenvalue weighted by Gasteiger charge is 2.47. The van der Waals surface area contributed by atoms with Crippen molar-refractivity contribution in [3.63, 3.8) is 0 Å². The van der Waals surface area contributed by atoms with Crippen molar-refractivity contribution in [1.82, 2.24) is 5.32 Å². The summed E-state index contributed by atoms with van der Waals surface area (Å²) in [4.78, 5) is 39.5. The molecule has 1 aromatic carbocycles. The van der Waals surface area contributed by atoms with Crippen LogP contribution < -0.4 is 5.32 Å². The number of carbonyl (C=O) groups is 3. The molecule has 170 valence electrons. The van der Waals surface area contributed by atoms with Gasteiger partial charge in [0.05, 0.1) is 12.7 Å². The number of nitrogens with one attached hydrogen (secondary N) is 1. The number of rotatable bonds is 4. The molecule has 1 aromatic rings. The molecule has 0 bridgehead atoms. The molecule has 3 aliphatic rings. The van der Waals surface area contributed by atoms with Crippen LogP contribution >= 0.6 is 11.6 Å². The Hall–Kier alpha value is -2.60. The van der Waals surface area contributed by atoms with Gasteiger partial charge in [0, 0.05) is 27.9 Å². The van der Waals surface area contributed by atoms with E-state index < -0.39 is 23.8 Å². The van der Waals surface area contributed by atoms with Gasteiger partial charge in [-0.2, -0.15) is 0 Å². The van der Waals surface area contributed by atoms with Crippen LogP contribution in [0.1, 0.15) is 57.4 Å². The molecule has 0 saturated heterocycles. The van der Waals surface area contributed by atoms with Gasteiger partial charge < -0.3 is 14.8 Å². The van der Waals surface area contributed by atoms with Crippen LogP contribution in [0.4, 0.5) is 0 Å². The standard InChI is InChI=1S/C25H28ClNO5/c1-13-12-18-22(23(28)19(13)24(29)31-3)21(15-8-10-16(26)11-9-15)20(14(2)27-18)25(30)32-17-6-4-5-7-17/h8-11,13,17,19,21,27H,4-7,12H2,1-3H3/t13-,19+,21-/m1/s1. The molecule has 0 unspecified atom stereocenters. The fraction of sp³-hybridized carbons (Fsp3) is 0.480. The Morgan fingerprint density at radius 2 is 1.78 bits per heavy atom. The van der Waals surface area contributed by atoms with Gasteiger partial charge in [-0.1, -0.05) is 30.7 Å². The summed E-state index contributed by atoms with van der Waals surface area (Å²) in [6, 6.07) is 7.11. The Morgan fingerprint density at radius 3 is 2.41 bits per heavy atom. The Kier molecular flexibility index (Phi) is 6.42. The quantitative estimate of drug-likeness (QED) is 0.531. The summed E-state index contributed by atoms with van der Waals surface area (Å²) in [6.07, 6.45) is 4.20. The highest BCUT2D eigenvalue weighted by molar-refractivity contribution is 6.30. The summed E-state index contributed by atoms with van der Waals surface area (Å²) < 4.78 is 10.8. The van der Waals surface area contributed by atoms with Crippen LogP contribution in [0.3, 0.4) is 0 Å². The summed E-state index contributed by atoms with van der Waals surface area (Å²) in [7, 11) is 1.29. The number of Topliss-reactive ketones (excluding diaryl/α,β-unsaturated/α-hetero) is 1. The van der Waals surface area contributed by atoms with E-state index in [0.29, 0.717) is 28.3 Å². The van der Waals surface area contributed by atoms with E-state index in [9.17, 15) is 14.4 Å². The van der Waals surface area contributed by atoms with Gasteiger partial charge in [0.2, 0.25) is 0 Å². The minimum absolute atomic E-state index is 0.103. The lowest BCUT2D eigenvalue weighted by Gasteiger charge is -2.38. The minimum atomic E-state index is -0.902. The minimum Gasteiger partial charge on any atom is -0.468 e. The van der Waals surface area contributed by atoms with Crippen molar-refractivity contribution in [3.05, 3.63) is 57.4 Å². The lowest BCUT2D eigenvalue weighted by molar-refractivity contribution is -0.151. The highest BCUT2D eigenvalue weighted by atomic mass is 35.5. The topological polar surface area (TPSA) is 81.7 Å². The summed E-state index contributed by atoms with van der Waals surface area (Å²) in [5, 5.41) is 3.84. The molecule has 32 heavy (non-hydrogen) atoms. The van der Waals surface area contributed by atoms with Crippen molar-refractivity contribution in [3.8, 4) is 0 Å². The molecule has 6 nitrogen and oxygen atoms in total. The number of methoxy groups -OCH3 is 1. The summed E-state index contributed by atoms with van der Waals surface area (Å²) in [6.45, 7) is 3.70. The number of hydrogen-bond acceptors (Lipinski definition) is 6. The normalized spacial score (nSPS) is 26.0. The Balaban J connectivity index is 1.79. The van der Waals surface area contributed by atoms with Gasteiger partial charge in [0.15, 0.2) is 5.78 Å². The average molecular weight is 458 g/mol. The molecule has 0 aromatic heterocycles. The number of ether oxygens (including phenoxy) is 2. The van der Waals surface area contributed by atoms with Crippen molar-refractivity contribution in [2.45, 2.75) is 58.0 Å². The molecule has 7 heteroatoms. The van der Waals surface area contributed by atoms with E-state index in [4.69, 9.17) is 21.1 Å². The van der Waals surface area contributed by atoms with Gasteiger partial charge >= 0.3 is 11.9 Å². The number of ketones is 1. The number of carbonyl (C=O) groups excluding carboxylic acids is 3. The van der Waals surface area contributed by atoms with Crippen molar-refractivity contribution in [1.29, 1.82) is 0 Å². The second-order valence-electron chi connectivity index (χ2n) is 8.90. The van der Waals surface area contributed by atoms with Crippen LogP contribution in [0.5, 0.6) is 0 Å². The third-order valence-corrected chi connectivity index (χ3v) is 6.99. The van der Waals surface area contributed by atoms with E-state index in [0.717, 1.165) is 36.9 Å². The number of esters is 2. The Bertz CT molecular complexity index is 1000. The smallest absolute Gasteiger partial charge is 0.337 e. The molecule has 4 rings (SSSR count). The van der Waals surface area contributed by atoms with Crippen LogP contribution in [0.2, 0.25) is 5.02 Å². The molecule has 3 atom stereocenters. The average Bonchev–Trinajstić information content (AvgIpc) is 3.26. The molecule has 1 saturated carbocycles. The predicted molar refractivity (Wildman–Crippen MR) is 120 cm³/mol. The summed E-state index contributed by atoms with van der Waals surface area (Å²) >= 11 is 6.10. The van der Waals surface area contributed by atoms with Crippen molar-refractivity contribution >= 4 is 29.3 Å². The van der Waals surface area contributed by atoms with Gasteiger partial charge in [-0.05, 0) is 62.6 Å². The number of benzene rings is 1. The molecule has 1 N–H and O–H groups in total. The lowest BCUT2D eigenvalue weighted by atomic mass is 9.69. The van der Waals surface area contributed by atoms with Gasteiger partial charge in [-0.15, -0.1) is 0 Å². The molecular formula is C25H28ClNO5. The maximum absolute atomic E-state index is 13.6. The largest absolute Gasteiger partial charge is 0.468 e. The van der Waals surface area contributed by atoms with E-state index in [1.807, 2.05) is 26.0 Å². The molecule has 2 aliphatic carbocycles. The first-order valence-corrected chi connectivity index (χ1v) is 11.5. The molecule has 1 heterocycles. The first kappa shape index (κ1) is 22.6. The molecule has 0 amide bonds. The zero-order valence-corrected chi connectivity index (χ0v) is 19.3. The SMILES string of the molecule is COC(=O)[C@@H]1C(=O)C2=C(C[C@H]1C)NC(C)=C(C(=O)OC1CCCC1)[C@H]2c1ccc(Cl)cc1. The zero-order valence-electron chi connectivity index (χ0n) is 18.6. The Morgan fingerprint density at radius 1 is 1.12 bits per heavy atom. The van der Waals surface area contributed by atoms with Crippen molar-refractivity contribution in [2.24, 2.45) is 11.8 Å². The van der Waals surface area contributed by atoms with E-state index in [1.54, 1.807) is 12.1 Å². The maximum atomic E-state index is 13.6. The number of allylic oxidation sites excluding steroid dienone is 3. The lowest BCUT2D eigenvalue weighted by Crippen LogP contribution is -2.43. The van der Waals surface area contributed by atoms with Crippen LogP contribution in [0.15, 0.2) is 46.8 Å². The third-order valence-electron chi connectivity index (χ3n) is 6.74. The molecule has 1 fully saturated rings. The number of halogens is 1. The van der Waals surface area contributed by atoms with Gasteiger partial charge in [-0.3, -0.25) is 9.59 Å². The molecule has 1 aliphatic heterocycles. The fourth-order valence-electron chi connectivity index (χ4n) is 5.16. The van der Waals surface area contributed by atoms with Crippen molar-refractivity contribution < 1.29 is 23.9 Å². The fourth-order valence-corrected chi connectivity index (χ4v) is 5.29. The van der Waals surface area contributed by atoms with Gasteiger partial charge in [0.1, 0.15) is 12.0 Å². The van der Waals surface area contributed by atoms with Crippen LogP contribution in [-0.4, -0.2) is 30.9 Å².